The molecule has 196 valence electrons. The van der Waals surface area contributed by atoms with E-state index in [-0.39, 0.29) is 0 Å². The molecule has 0 spiro atoms. The molecule has 0 aromatic rings. The molecule has 0 aliphatic heterocycles. The number of aliphatic carboxylic acids is 4. The second-order valence-electron chi connectivity index (χ2n) is 7.26. The fraction of sp³-hybridized carbons (Fsp3) is 0.556. The van der Waals surface area contributed by atoms with Gasteiger partial charge in [-0.1, -0.05) is 0 Å². The van der Waals surface area contributed by atoms with Crippen molar-refractivity contribution in [3.05, 3.63) is 0 Å². The van der Waals surface area contributed by atoms with Gasteiger partial charge in [-0.05, 0) is 12.8 Å². The molecule has 0 saturated heterocycles. The van der Waals surface area contributed by atoms with E-state index in [4.69, 9.17) is 26.8 Å². The quantitative estimate of drug-likeness (QED) is 0.0909. The summed E-state index contributed by atoms with van der Waals surface area (Å²) in [5.74, 6) is -10.3. The number of nitrogens with two attached hydrogens (primary N) is 2. The van der Waals surface area contributed by atoms with Crippen LogP contribution in [0.5, 0.6) is 0 Å². The Labute approximate surface area is 197 Å². The van der Waals surface area contributed by atoms with E-state index in [1.807, 2.05) is 10.6 Å². The molecule has 0 rings (SSSR count). The normalized spacial score (nSPS) is 13.9. The number of primary amides is 1. The van der Waals surface area contributed by atoms with Crippen LogP contribution in [-0.4, -0.2) is 92.1 Å². The highest BCUT2D eigenvalue weighted by molar-refractivity contribution is 5.96. The van der Waals surface area contributed by atoms with Crippen molar-refractivity contribution in [3.63, 3.8) is 0 Å². The van der Waals surface area contributed by atoms with Gasteiger partial charge in [0.2, 0.25) is 23.6 Å². The van der Waals surface area contributed by atoms with Crippen LogP contribution in [0.1, 0.15) is 38.5 Å². The van der Waals surface area contributed by atoms with Gasteiger partial charge in [-0.25, -0.2) is 4.79 Å². The molecule has 0 radical (unpaired) electrons. The van der Waals surface area contributed by atoms with E-state index in [0.29, 0.717) is 0 Å². The highest BCUT2D eigenvalue weighted by atomic mass is 16.4. The number of hydrogen-bond acceptors (Lipinski definition) is 9. The number of nitrogens with one attached hydrogen (secondary N) is 3. The zero-order chi connectivity index (χ0) is 27.3. The summed E-state index contributed by atoms with van der Waals surface area (Å²) in [6.07, 6.45) is -3.96. The molecule has 11 N–H and O–H groups in total. The van der Waals surface area contributed by atoms with Crippen molar-refractivity contribution in [2.45, 2.75) is 62.7 Å². The van der Waals surface area contributed by atoms with Crippen molar-refractivity contribution in [2.24, 2.45) is 11.5 Å². The Bertz CT molecular complexity index is 861. The molecule has 0 saturated carbocycles. The minimum absolute atomic E-state index is 0.516. The summed E-state index contributed by atoms with van der Waals surface area (Å²) < 4.78 is 0. The van der Waals surface area contributed by atoms with Crippen molar-refractivity contribution in [3.8, 4) is 0 Å². The summed E-state index contributed by atoms with van der Waals surface area (Å²) in [6.45, 7) is 0. The second-order valence-corrected chi connectivity index (χ2v) is 7.26. The zero-order valence-corrected chi connectivity index (χ0v) is 18.3. The fourth-order valence-corrected chi connectivity index (χ4v) is 2.58. The minimum atomic E-state index is -1.73. The summed E-state index contributed by atoms with van der Waals surface area (Å²) in [5, 5.41) is 41.5. The van der Waals surface area contributed by atoms with E-state index in [9.17, 15) is 43.5 Å². The second kappa shape index (κ2) is 14.8. The smallest absolute Gasteiger partial charge is 0.326 e. The van der Waals surface area contributed by atoms with Crippen LogP contribution in [0.2, 0.25) is 0 Å². The maximum absolute atomic E-state index is 12.6. The molecule has 4 amide bonds. The van der Waals surface area contributed by atoms with Crippen LogP contribution in [0.3, 0.4) is 0 Å². The molecule has 0 fully saturated rings. The summed E-state index contributed by atoms with van der Waals surface area (Å²) in [7, 11) is 0. The molecule has 0 aromatic carbocycles. The molecule has 0 aliphatic rings. The van der Waals surface area contributed by atoms with Gasteiger partial charge in [0, 0.05) is 12.8 Å². The number of hydrogen-bond donors (Lipinski definition) is 9. The van der Waals surface area contributed by atoms with Crippen LogP contribution in [0.25, 0.3) is 0 Å². The third-order valence-electron chi connectivity index (χ3n) is 4.31. The minimum Gasteiger partial charge on any atom is -0.481 e. The highest BCUT2D eigenvalue weighted by Crippen LogP contribution is 2.05. The van der Waals surface area contributed by atoms with Crippen LogP contribution in [0.4, 0.5) is 0 Å². The molecule has 0 aromatic heterocycles. The standard InChI is InChI=1S/C18H27N5O12/c19-7(5-14(29)30)15(31)23-10(6-11(20)24)17(33)21-8(1-3-12(25)26)16(32)22-9(18(34)35)2-4-13(27)28/h7-10H,1-6,19H2,(H2,20,24)(H,21,33)(H,22,32)(H,23,31)(H,25,26)(H,27,28)(H,29,30)(H,34,35). The topological polar surface area (TPSA) is 306 Å². The van der Waals surface area contributed by atoms with Crippen LogP contribution in [-0.2, 0) is 38.4 Å². The first kappa shape index (κ1) is 30.7. The van der Waals surface area contributed by atoms with E-state index in [1.165, 1.54) is 0 Å². The Kier molecular flexibility index (Phi) is 13.0. The van der Waals surface area contributed by atoms with E-state index < -0.39 is 110 Å². The lowest BCUT2D eigenvalue weighted by molar-refractivity contribution is -0.144. The number of carbonyl (C=O) groups excluding carboxylic acids is 4. The first-order valence-electron chi connectivity index (χ1n) is 9.97. The monoisotopic (exact) mass is 505 g/mol. The lowest BCUT2D eigenvalue weighted by atomic mass is 10.1. The first-order valence-corrected chi connectivity index (χ1v) is 9.97. The van der Waals surface area contributed by atoms with Gasteiger partial charge < -0.3 is 47.8 Å². The lowest BCUT2D eigenvalue weighted by Crippen LogP contribution is -2.58. The Morgan fingerprint density at radius 2 is 1.03 bits per heavy atom. The molecule has 17 heteroatoms. The van der Waals surface area contributed by atoms with E-state index in [1.54, 1.807) is 0 Å². The van der Waals surface area contributed by atoms with Gasteiger partial charge in [-0.3, -0.25) is 33.6 Å². The molecule has 35 heavy (non-hydrogen) atoms. The maximum Gasteiger partial charge on any atom is 0.326 e. The summed E-state index contributed by atoms with van der Waals surface area (Å²) in [5.41, 5.74) is 10.4. The Balaban J connectivity index is 5.62. The Hall–Kier alpha value is -4.28. The van der Waals surface area contributed by atoms with Crippen LogP contribution in [0, 0.1) is 0 Å². The van der Waals surface area contributed by atoms with Gasteiger partial charge in [-0.15, -0.1) is 0 Å². The number of carboxylic acid groups (broad SMARTS) is 4. The molecule has 4 atom stereocenters. The molecule has 0 heterocycles. The van der Waals surface area contributed by atoms with E-state index in [2.05, 4.69) is 5.32 Å². The van der Waals surface area contributed by atoms with Gasteiger partial charge >= 0.3 is 23.9 Å². The van der Waals surface area contributed by atoms with Crippen molar-refractivity contribution in [1.29, 1.82) is 0 Å². The van der Waals surface area contributed by atoms with Gasteiger partial charge in [0.25, 0.3) is 0 Å². The predicted molar refractivity (Wildman–Crippen MR) is 111 cm³/mol. The van der Waals surface area contributed by atoms with Crippen LogP contribution in [0.15, 0.2) is 0 Å². The number of carbonyl (C=O) groups is 8. The van der Waals surface area contributed by atoms with Gasteiger partial charge in [-0.2, -0.15) is 0 Å². The predicted octanol–water partition coefficient (Wildman–Crippen LogP) is -4.07. The van der Waals surface area contributed by atoms with Crippen LogP contribution < -0.4 is 27.4 Å². The van der Waals surface area contributed by atoms with Crippen molar-refractivity contribution < 1.29 is 58.8 Å². The summed E-state index contributed by atoms with van der Waals surface area (Å²) in [6, 6.07) is -6.70. The zero-order valence-electron chi connectivity index (χ0n) is 18.3. The van der Waals surface area contributed by atoms with Crippen molar-refractivity contribution in [2.75, 3.05) is 0 Å². The highest BCUT2D eigenvalue weighted by Gasteiger charge is 2.31. The molecule has 0 bridgehead atoms. The Morgan fingerprint density at radius 3 is 1.46 bits per heavy atom. The largest absolute Gasteiger partial charge is 0.481 e. The van der Waals surface area contributed by atoms with Gasteiger partial charge in [0.05, 0.1) is 18.9 Å². The average Bonchev–Trinajstić information content (AvgIpc) is 2.71. The van der Waals surface area contributed by atoms with E-state index in [0.717, 1.165) is 0 Å². The summed E-state index contributed by atoms with van der Waals surface area (Å²) >= 11 is 0. The van der Waals surface area contributed by atoms with Crippen molar-refractivity contribution in [1.82, 2.24) is 16.0 Å². The molecular weight excluding hydrogens is 478 g/mol. The molecule has 4 unspecified atom stereocenters. The van der Waals surface area contributed by atoms with Crippen molar-refractivity contribution >= 4 is 47.5 Å². The third-order valence-corrected chi connectivity index (χ3v) is 4.31. The average molecular weight is 505 g/mol. The van der Waals surface area contributed by atoms with Gasteiger partial charge in [0.1, 0.15) is 18.1 Å². The lowest BCUT2D eigenvalue weighted by Gasteiger charge is -2.24. The summed E-state index contributed by atoms with van der Waals surface area (Å²) in [4.78, 5) is 92.2. The Morgan fingerprint density at radius 1 is 0.600 bits per heavy atom. The molecule has 0 aliphatic carbocycles. The number of rotatable bonds is 17. The SMILES string of the molecule is NC(=O)CC(NC(=O)C(N)CC(=O)O)C(=O)NC(CCC(=O)O)C(=O)NC(CCC(=O)O)C(=O)O. The first-order chi connectivity index (χ1) is 16.1. The van der Waals surface area contributed by atoms with Gasteiger partial charge in [0.15, 0.2) is 0 Å². The molecule has 17 nitrogen and oxygen atoms in total. The molecular formula is C18H27N5O12. The maximum atomic E-state index is 12.6. The van der Waals surface area contributed by atoms with E-state index >= 15 is 0 Å². The number of amides is 4. The third kappa shape index (κ3) is 13.1. The number of carboxylic acids is 4. The van der Waals surface area contributed by atoms with Crippen LogP contribution >= 0.6 is 0 Å². The fourth-order valence-electron chi connectivity index (χ4n) is 2.58.